The van der Waals surface area contributed by atoms with Gasteiger partial charge in [-0.1, -0.05) is 68.9 Å². The van der Waals surface area contributed by atoms with Gasteiger partial charge in [-0.15, -0.1) is 22.6 Å². The number of aryl methyl sites for hydroxylation is 3. The molecule has 0 spiro atoms. The summed E-state index contributed by atoms with van der Waals surface area (Å²) in [5, 5.41) is 32.1. The number of phenols is 2. The quantitative estimate of drug-likeness (QED) is 0.0992. The highest BCUT2D eigenvalue weighted by Crippen LogP contribution is 2.42. The highest BCUT2D eigenvalue weighted by atomic mass is 35.5. The van der Waals surface area contributed by atoms with Crippen LogP contribution in [-0.2, 0) is 0 Å². The molecule has 5 N–H and O–H groups in total. The number of azo groups is 1. The molecule has 4 aromatic rings. The van der Waals surface area contributed by atoms with Crippen molar-refractivity contribution in [3.05, 3.63) is 92.9 Å². The molecule has 0 atom stereocenters. The number of anilines is 1. The SMILES string of the molecule is Cc1ccc(-n2[nH]c(C)c(N=Nc3cccc(C4CCCCC4)c3O)c2=O)cc1C.Cl.Nc1cccc(C2CCCCC2)c1O. The van der Waals surface area contributed by atoms with Crippen LogP contribution in [0.25, 0.3) is 5.69 Å². The van der Waals surface area contributed by atoms with Gasteiger partial charge >= 0.3 is 0 Å². The fourth-order valence-electron chi connectivity index (χ4n) is 6.50. The van der Waals surface area contributed by atoms with Crippen molar-refractivity contribution in [2.75, 3.05) is 5.73 Å². The van der Waals surface area contributed by atoms with Crippen molar-refractivity contribution in [3.63, 3.8) is 0 Å². The van der Waals surface area contributed by atoms with Gasteiger partial charge in [0.2, 0.25) is 0 Å². The fraction of sp³-hybridized carbons (Fsp3) is 0.417. The van der Waals surface area contributed by atoms with Crippen molar-refractivity contribution in [2.24, 2.45) is 10.2 Å². The molecule has 45 heavy (non-hydrogen) atoms. The van der Waals surface area contributed by atoms with Crippen molar-refractivity contribution in [1.29, 1.82) is 0 Å². The molecule has 2 aliphatic carbocycles. The van der Waals surface area contributed by atoms with Gasteiger partial charge in [0, 0.05) is 0 Å². The first-order valence-electron chi connectivity index (χ1n) is 15.9. The third-order valence-corrected chi connectivity index (χ3v) is 9.28. The van der Waals surface area contributed by atoms with Crippen LogP contribution in [0.4, 0.5) is 17.1 Å². The normalized spacial score (nSPS) is 15.8. The van der Waals surface area contributed by atoms with Gasteiger partial charge in [-0.3, -0.25) is 9.89 Å². The second-order valence-corrected chi connectivity index (χ2v) is 12.4. The van der Waals surface area contributed by atoms with E-state index in [9.17, 15) is 15.0 Å². The lowest BCUT2D eigenvalue weighted by Gasteiger charge is -2.23. The Morgan fingerprint density at radius 2 is 1.33 bits per heavy atom. The number of aromatic hydroxyl groups is 2. The highest BCUT2D eigenvalue weighted by Gasteiger charge is 2.21. The van der Waals surface area contributed by atoms with Gasteiger partial charge in [0.15, 0.2) is 5.69 Å². The Bertz CT molecular complexity index is 1680. The summed E-state index contributed by atoms with van der Waals surface area (Å²) in [6.07, 6.45) is 12.1. The number of benzene rings is 3. The first kappa shape index (κ1) is 33.8. The molecule has 2 fully saturated rings. The Balaban J connectivity index is 0.000000258. The molecule has 8 nitrogen and oxygen atoms in total. The standard InChI is InChI=1S/C24H28N4O2.C12H17NO.ClH/c1-15-12-13-19(14-16(15)2)28-24(30)22(17(3)27-28)26-25-21-11-7-10-20(23(21)29)18-8-5-4-6-9-18;13-11-8-4-7-10(12(11)14)9-5-2-1-3-6-9;/h7,10-14,18,27,29H,4-6,8-9H2,1-3H3;4,7-9,14H,1-3,5-6,13H2;1H. The van der Waals surface area contributed by atoms with Crippen molar-refractivity contribution >= 4 is 29.5 Å². The zero-order chi connectivity index (χ0) is 31.2. The largest absolute Gasteiger partial charge is 0.505 e. The van der Waals surface area contributed by atoms with E-state index in [0.717, 1.165) is 35.2 Å². The number of nitrogen functional groups attached to an aromatic ring is 1. The molecule has 1 heterocycles. The zero-order valence-corrected chi connectivity index (χ0v) is 27.4. The van der Waals surface area contributed by atoms with Crippen LogP contribution < -0.4 is 11.3 Å². The Hall–Kier alpha value is -4.04. The number of nitrogens with two attached hydrogens (primary N) is 1. The van der Waals surface area contributed by atoms with Crippen LogP contribution >= 0.6 is 12.4 Å². The second-order valence-electron chi connectivity index (χ2n) is 12.4. The number of aromatic amines is 1. The predicted molar refractivity (Wildman–Crippen MR) is 184 cm³/mol. The van der Waals surface area contributed by atoms with Crippen molar-refractivity contribution in [3.8, 4) is 17.2 Å². The average molecular weight is 632 g/mol. The van der Waals surface area contributed by atoms with Gasteiger partial charge in [0.25, 0.3) is 5.56 Å². The van der Waals surface area contributed by atoms with Crippen LogP contribution in [0.2, 0.25) is 0 Å². The van der Waals surface area contributed by atoms with Crippen molar-refractivity contribution in [2.45, 2.75) is 96.8 Å². The monoisotopic (exact) mass is 631 g/mol. The molecule has 0 aliphatic heterocycles. The van der Waals surface area contributed by atoms with E-state index in [1.54, 1.807) is 19.1 Å². The maximum absolute atomic E-state index is 12.9. The van der Waals surface area contributed by atoms with Gasteiger partial charge in [0.05, 0.1) is 17.1 Å². The molecule has 0 amide bonds. The fourth-order valence-corrected chi connectivity index (χ4v) is 6.50. The molecular formula is C36H46ClN5O3. The van der Waals surface area contributed by atoms with Crippen LogP contribution in [0.15, 0.2) is 69.6 Å². The molecule has 3 aromatic carbocycles. The lowest BCUT2D eigenvalue weighted by molar-refractivity contribution is 0.415. The van der Waals surface area contributed by atoms with E-state index >= 15 is 0 Å². The minimum Gasteiger partial charge on any atom is -0.505 e. The van der Waals surface area contributed by atoms with E-state index in [2.05, 4.69) is 15.3 Å². The summed E-state index contributed by atoms with van der Waals surface area (Å²) in [4.78, 5) is 12.9. The summed E-state index contributed by atoms with van der Waals surface area (Å²) in [5.41, 5.74) is 12.2. The maximum Gasteiger partial charge on any atom is 0.299 e. The van der Waals surface area contributed by atoms with E-state index < -0.39 is 0 Å². The number of phenolic OH excluding ortho intramolecular Hbond substituents is 2. The minimum atomic E-state index is -0.262. The molecule has 9 heteroatoms. The average Bonchev–Trinajstić information content (AvgIpc) is 3.33. The summed E-state index contributed by atoms with van der Waals surface area (Å²) >= 11 is 0. The lowest BCUT2D eigenvalue weighted by Crippen LogP contribution is -2.14. The number of nitrogens with one attached hydrogen (secondary N) is 1. The van der Waals surface area contributed by atoms with Crippen LogP contribution in [0, 0.1) is 20.8 Å². The summed E-state index contributed by atoms with van der Waals surface area (Å²) in [5.74, 6) is 1.37. The molecule has 0 bridgehead atoms. The molecule has 0 unspecified atom stereocenters. The van der Waals surface area contributed by atoms with Gasteiger partial charge in [0.1, 0.15) is 17.2 Å². The number of H-pyrrole nitrogens is 1. The molecular weight excluding hydrogens is 586 g/mol. The van der Waals surface area contributed by atoms with Crippen LogP contribution in [0.3, 0.4) is 0 Å². The van der Waals surface area contributed by atoms with E-state index in [1.165, 1.54) is 61.6 Å². The number of hydrogen-bond donors (Lipinski definition) is 4. The molecule has 2 aliphatic rings. The van der Waals surface area contributed by atoms with E-state index in [4.69, 9.17) is 5.73 Å². The molecule has 0 saturated heterocycles. The maximum atomic E-state index is 12.9. The first-order chi connectivity index (χ1) is 21.2. The summed E-state index contributed by atoms with van der Waals surface area (Å²) < 4.78 is 1.48. The first-order valence-corrected chi connectivity index (χ1v) is 15.9. The minimum absolute atomic E-state index is 0. The number of aromatic nitrogens is 2. The summed E-state index contributed by atoms with van der Waals surface area (Å²) in [7, 11) is 0. The number of hydrogen-bond acceptors (Lipinski definition) is 6. The molecule has 240 valence electrons. The highest BCUT2D eigenvalue weighted by molar-refractivity contribution is 5.85. The van der Waals surface area contributed by atoms with Crippen LogP contribution in [0.5, 0.6) is 11.5 Å². The lowest BCUT2D eigenvalue weighted by atomic mass is 9.83. The Labute approximate surface area is 271 Å². The number of halogens is 1. The smallest absolute Gasteiger partial charge is 0.299 e. The zero-order valence-electron chi connectivity index (χ0n) is 26.6. The van der Waals surface area contributed by atoms with E-state index in [1.807, 2.05) is 56.3 Å². The third kappa shape index (κ3) is 7.79. The van der Waals surface area contributed by atoms with Crippen LogP contribution in [0.1, 0.15) is 104 Å². The molecule has 2 saturated carbocycles. The number of para-hydroxylation sites is 2. The van der Waals surface area contributed by atoms with E-state index in [0.29, 0.717) is 34.7 Å². The van der Waals surface area contributed by atoms with E-state index in [-0.39, 0.29) is 29.4 Å². The molecule has 1 aromatic heterocycles. The Morgan fingerprint density at radius 3 is 1.93 bits per heavy atom. The number of rotatable bonds is 5. The van der Waals surface area contributed by atoms with Crippen LogP contribution in [-0.4, -0.2) is 20.0 Å². The van der Waals surface area contributed by atoms with Gasteiger partial charge in [-0.05, 0) is 105 Å². The topological polar surface area (TPSA) is 129 Å². The summed E-state index contributed by atoms with van der Waals surface area (Å²) in [6, 6.07) is 17.1. The molecule has 6 rings (SSSR count). The Kier molecular flexibility index (Phi) is 11.5. The summed E-state index contributed by atoms with van der Waals surface area (Å²) in [6.45, 7) is 5.85. The Morgan fingerprint density at radius 1 is 0.756 bits per heavy atom. The van der Waals surface area contributed by atoms with Crippen molar-refractivity contribution < 1.29 is 10.2 Å². The van der Waals surface area contributed by atoms with Gasteiger partial charge in [-0.25, -0.2) is 4.68 Å². The molecule has 0 radical (unpaired) electrons. The predicted octanol–water partition coefficient (Wildman–Crippen LogP) is 9.70. The number of nitrogens with zero attached hydrogens (tertiary/aromatic N) is 3. The second kappa shape index (κ2) is 15.3. The third-order valence-electron chi connectivity index (χ3n) is 9.28. The van der Waals surface area contributed by atoms with Gasteiger partial charge in [-0.2, -0.15) is 0 Å². The van der Waals surface area contributed by atoms with Gasteiger partial charge < -0.3 is 15.9 Å². The van der Waals surface area contributed by atoms with Crippen molar-refractivity contribution in [1.82, 2.24) is 9.78 Å².